The predicted molar refractivity (Wildman–Crippen MR) is 280 cm³/mol. The van der Waals surface area contributed by atoms with Crippen molar-refractivity contribution in [1.29, 1.82) is 0 Å². The molecule has 406 valence electrons. The van der Waals surface area contributed by atoms with Gasteiger partial charge in [-0.2, -0.15) is 4.58 Å². The molecule has 3 unspecified atom stereocenters. The first-order chi connectivity index (χ1) is 34.4. The van der Waals surface area contributed by atoms with E-state index >= 15 is 0 Å². The summed E-state index contributed by atoms with van der Waals surface area (Å²) in [5, 5.41) is 9.84. The summed E-state index contributed by atoms with van der Waals surface area (Å²) in [6.07, 6.45) is 7.20. The first-order valence-corrected chi connectivity index (χ1v) is 28.0. The van der Waals surface area contributed by atoms with E-state index in [4.69, 9.17) is 0 Å². The van der Waals surface area contributed by atoms with E-state index in [1.165, 1.54) is 0 Å². The number of hydrogen-bond donors (Lipinski definition) is 7. The molecule has 74 heavy (non-hydrogen) atoms. The number of amides is 3. The number of rotatable bonds is 27. The van der Waals surface area contributed by atoms with Crippen molar-refractivity contribution in [3.63, 3.8) is 0 Å². The molecule has 0 radical (unpaired) electrons. The molecule has 21 nitrogen and oxygen atoms in total. The molecular formula is C50H72N9O12S3+. The maximum Gasteiger partial charge on any atom is 0.325 e. The van der Waals surface area contributed by atoms with Gasteiger partial charge in [-0.05, 0) is 63.7 Å². The highest BCUT2D eigenvalue weighted by molar-refractivity contribution is 7.86. The van der Waals surface area contributed by atoms with E-state index in [9.17, 15) is 49.9 Å². The number of Topliss-reactive ketones (excluding diaryl/α,β-unsaturated/α-hetero) is 1. The van der Waals surface area contributed by atoms with Crippen LogP contribution in [0.3, 0.4) is 0 Å². The van der Waals surface area contributed by atoms with Crippen LogP contribution < -0.4 is 36.0 Å². The van der Waals surface area contributed by atoms with Gasteiger partial charge in [-0.25, -0.2) is 16.8 Å². The van der Waals surface area contributed by atoms with E-state index < -0.39 is 90.7 Å². The van der Waals surface area contributed by atoms with Gasteiger partial charge in [-0.15, -0.1) is 0 Å². The number of quaternary nitrogens is 2. The third-order valence-electron chi connectivity index (χ3n) is 13.5. The minimum absolute atomic E-state index is 0.0315. The summed E-state index contributed by atoms with van der Waals surface area (Å²) in [4.78, 5) is 76.2. The molecule has 2 aromatic rings. The Morgan fingerprint density at radius 1 is 0.838 bits per heavy atom. The van der Waals surface area contributed by atoms with Crippen molar-refractivity contribution in [1.82, 2.24) is 26.2 Å². The fourth-order valence-electron chi connectivity index (χ4n) is 9.52. The van der Waals surface area contributed by atoms with E-state index in [-0.39, 0.29) is 29.9 Å². The van der Waals surface area contributed by atoms with Crippen LogP contribution in [0.1, 0.15) is 77.3 Å². The van der Waals surface area contributed by atoms with Crippen LogP contribution in [0.2, 0.25) is 0 Å². The van der Waals surface area contributed by atoms with Gasteiger partial charge in [0.15, 0.2) is 18.2 Å². The van der Waals surface area contributed by atoms with Crippen molar-refractivity contribution in [2.24, 2.45) is 0 Å². The molecule has 0 bridgehead atoms. The lowest BCUT2D eigenvalue weighted by Gasteiger charge is -2.33. The molecule has 2 heterocycles. The fourth-order valence-corrected chi connectivity index (χ4v) is 10.9. The van der Waals surface area contributed by atoms with Crippen molar-refractivity contribution in [3.05, 3.63) is 94.4 Å². The Labute approximate surface area is 440 Å². The number of hydrogen-bond acceptors (Lipinski definition) is 16. The van der Waals surface area contributed by atoms with Crippen LogP contribution in [0.15, 0.2) is 83.2 Å². The number of carbonyl (C=O) groups excluding carboxylic acids is 5. The second-order valence-corrected chi connectivity index (χ2v) is 24.2. The van der Waals surface area contributed by atoms with Crippen molar-refractivity contribution in [2.75, 3.05) is 84.5 Å². The van der Waals surface area contributed by atoms with Crippen LogP contribution in [0, 0.1) is 0 Å². The second kappa shape index (κ2) is 24.5. The van der Waals surface area contributed by atoms with E-state index in [0.29, 0.717) is 32.4 Å². The molecule has 0 saturated carbocycles. The number of nitrogens with zero attached hydrogens (tertiary/aromatic N) is 3. The number of thiol groups is 1. The Morgan fingerprint density at radius 2 is 1.46 bits per heavy atom. The Kier molecular flexibility index (Phi) is 19.6. The van der Waals surface area contributed by atoms with Gasteiger partial charge in [0.25, 0.3) is 0 Å². The third-order valence-corrected chi connectivity index (χ3v) is 15.0. The zero-order chi connectivity index (χ0) is 55.0. The van der Waals surface area contributed by atoms with Crippen LogP contribution in [-0.4, -0.2) is 162 Å². The molecule has 3 aliphatic rings. The number of ketones is 1. The molecule has 0 saturated heterocycles. The summed E-state index contributed by atoms with van der Waals surface area (Å²) in [7, 11) is -0.290. The van der Waals surface area contributed by atoms with Gasteiger partial charge in [0, 0.05) is 53.0 Å². The molecule has 0 spiro atoms. The number of carbonyl (C=O) groups is 5. The molecule has 0 aromatic heterocycles. The van der Waals surface area contributed by atoms with Crippen LogP contribution in [0.5, 0.6) is 0 Å². The average molecular weight is 1090 g/mol. The standard InChI is InChI=1S/C50H71N9O12S3/c1-49(2)35-19-12-14-21-39(35)57(6)41(49)27-33-45(34(46(33)62)28-42-50(3,4)36-20-13-15-22-40(36)58(42)25-17-18-26-59(7,8)9)54-38(31-74(68,69)70)47(63)51-29-43(60)53-37(30-73(65,66)67)48(64)52-32-56(5)24-16-10-11-23-44(61)71-55-72/h12-15,19-22,27-28,37-38,55,72H,10-11,16-18,23-26,29-32H2,1-9H3,(H4-2,51,52,53,54,60,62,63,64,65,66,67,68,69,70)/p+1. The Morgan fingerprint density at radius 3 is 2.09 bits per heavy atom. The maximum absolute atomic E-state index is 14.7. The van der Waals surface area contributed by atoms with Gasteiger partial charge in [0.1, 0.15) is 19.1 Å². The molecule has 2 aromatic carbocycles. The quantitative estimate of drug-likeness (QED) is 0.00928. The number of para-hydroxylation sites is 2. The highest BCUT2D eigenvalue weighted by atomic mass is 32.2. The first-order valence-electron chi connectivity index (χ1n) is 24.4. The van der Waals surface area contributed by atoms with Crippen LogP contribution in [0.25, 0.3) is 0 Å². The summed E-state index contributed by atoms with van der Waals surface area (Å²) in [5.41, 5.74) is 4.51. The topological polar surface area (TPSA) is 280 Å². The number of nitrogens with one attached hydrogen (secondary N) is 6. The smallest absolute Gasteiger partial charge is 0.325 e. The SMILES string of the molecule is C[N+]1=C(/C=C2\C(=O)C(/C=C3/N(CCCC[N+](C)(C)C)c4ccccc4C3(C)C)=C2NC(CS(=O)(=O)[O-])C(=O)NCC(=O)NC(CS(=O)(=O)[O-])C(=O)NC[NH+](C)CCCCCC(=O)ONS)C(C)(C)c2ccccc21. The van der Waals surface area contributed by atoms with Gasteiger partial charge in [-0.1, -0.05) is 67.9 Å². The normalized spacial score (nSPS) is 18.4. The minimum Gasteiger partial charge on any atom is -0.748 e. The maximum atomic E-state index is 14.7. The zero-order valence-electron chi connectivity index (χ0n) is 43.6. The number of fused-ring (bicyclic) bond motifs is 2. The molecule has 3 amide bonds. The molecule has 1 aliphatic carbocycles. The van der Waals surface area contributed by atoms with Crippen molar-refractivity contribution >= 4 is 79.6 Å². The zero-order valence-corrected chi connectivity index (χ0v) is 46.2. The number of benzene rings is 2. The van der Waals surface area contributed by atoms with Crippen LogP contribution >= 0.6 is 12.8 Å². The predicted octanol–water partition coefficient (Wildman–Crippen LogP) is 0.315. The fraction of sp³-hybridized carbons (Fsp3) is 0.520. The highest BCUT2D eigenvalue weighted by Crippen LogP contribution is 2.49. The molecule has 24 heteroatoms. The average Bonchev–Trinajstić information content (AvgIpc) is 3.64. The van der Waals surface area contributed by atoms with Crippen molar-refractivity contribution in [3.8, 4) is 0 Å². The first kappa shape index (κ1) is 59.4. The van der Waals surface area contributed by atoms with Gasteiger partial charge in [0.05, 0.1) is 96.3 Å². The lowest BCUT2D eigenvalue weighted by Crippen LogP contribution is -3.10. The number of anilines is 1. The van der Waals surface area contributed by atoms with Gasteiger partial charge < -0.3 is 49.5 Å². The molecule has 3 atom stereocenters. The molecule has 2 aliphatic heterocycles. The third kappa shape index (κ3) is 15.6. The molecule has 6 N–H and O–H groups in total. The Bertz CT molecular complexity index is 2840. The van der Waals surface area contributed by atoms with Gasteiger partial charge >= 0.3 is 5.97 Å². The van der Waals surface area contributed by atoms with Crippen LogP contribution in [-0.2, 0) is 59.9 Å². The van der Waals surface area contributed by atoms with Crippen molar-refractivity contribution in [2.45, 2.75) is 89.1 Å². The lowest BCUT2D eigenvalue weighted by atomic mass is 9.77. The minimum atomic E-state index is -5.18. The molecule has 5 rings (SSSR count). The van der Waals surface area contributed by atoms with Gasteiger partial charge in [-0.3, -0.25) is 24.0 Å². The summed E-state index contributed by atoms with van der Waals surface area (Å²) < 4.78 is 75.8. The number of unbranched alkanes of at least 4 members (excludes halogenated alkanes) is 3. The second-order valence-electron chi connectivity index (χ2n) is 21.1. The Balaban J connectivity index is 1.43. The number of allylic oxidation sites excluding steroid dienone is 5. The Hall–Kier alpha value is -5.47. The van der Waals surface area contributed by atoms with E-state index in [0.717, 1.165) is 62.7 Å². The summed E-state index contributed by atoms with van der Waals surface area (Å²) in [5.74, 6) is -6.78. The highest BCUT2D eigenvalue weighted by Gasteiger charge is 2.47. The van der Waals surface area contributed by atoms with Gasteiger partial charge in [0.2, 0.25) is 23.4 Å². The largest absolute Gasteiger partial charge is 0.748 e. The van der Waals surface area contributed by atoms with Crippen molar-refractivity contribution < 1.29 is 68.7 Å². The van der Waals surface area contributed by atoms with E-state index in [2.05, 4.69) is 65.0 Å². The molecular weight excluding hydrogens is 1010 g/mol. The van der Waals surface area contributed by atoms with E-state index in [1.54, 1.807) is 19.2 Å². The molecule has 0 fully saturated rings. The summed E-state index contributed by atoms with van der Waals surface area (Å²) >= 11 is 3.60. The summed E-state index contributed by atoms with van der Waals surface area (Å²) in [6.45, 7) is 9.21. The lowest BCUT2D eigenvalue weighted by molar-refractivity contribution is -0.881. The van der Waals surface area contributed by atoms with E-state index in [1.807, 2.05) is 92.7 Å². The summed E-state index contributed by atoms with van der Waals surface area (Å²) in [6, 6.07) is 12.0. The van der Waals surface area contributed by atoms with Crippen LogP contribution in [0.4, 0.5) is 11.4 Å². The monoisotopic (exact) mass is 1090 g/mol.